The van der Waals surface area contributed by atoms with E-state index < -0.39 is 0 Å². The number of carbonyl (C=O) groups excluding carboxylic acids is 1. The van der Waals surface area contributed by atoms with Crippen LogP contribution in [0.25, 0.3) is 10.9 Å². The number of aryl methyl sites for hydroxylation is 1. The van der Waals surface area contributed by atoms with Crippen LogP contribution in [-0.2, 0) is 17.8 Å². The molecule has 0 aliphatic heterocycles. The summed E-state index contributed by atoms with van der Waals surface area (Å²) in [5.74, 6) is 0.654. The third-order valence-electron chi connectivity index (χ3n) is 4.69. The lowest BCUT2D eigenvalue weighted by Crippen LogP contribution is -2.16. The van der Waals surface area contributed by atoms with Gasteiger partial charge in [-0.05, 0) is 25.8 Å². The fourth-order valence-corrected chi connectivity index (χ4v) is 3.48. The number of Topliss-reactive ketones (excluding diaryl/α,β-unsaturated/α-hetero) is 1. The van der Waals surface area contributed by atoms with Gasteiger partial charge in [0, 0.05) is 17.8 Å². The van der Waals surface area contributed by atoms with E-state index in [0.29, 0.717) is 12.2 Å². The molecule has 0 bridgehead atoms. The van der Waals surface area contributed by atoms with Crippen molar-refractivity contribution in [3.8, 4) is 0 Å². The van der Waals surface area contributed by atoms with Crippen molar-refractivity contribution in [2.24, 2.45) is 5.92 Å². The summed E-state index contributed by atoms with van der Waals surface area (Å²) < 4.78 is 2.00. The van der Waals surface area contributed by atoms with Crippen molar-refractivity contribution in [2.75, 3.05) is 0 Å². The fraction of sp³-hybridized carbons (Fsp3) is 0.556. The van der Waals surface area contributed by atoms with Gasteiger partial charge in [-0.1, -0.05) is 43.9 Å². The first-order valence-corrected chi connectivity index (χ1v) is 8.26. The van der Waals surface area contributed by atoms with Crippen LogP contribution in [0, 0.1) is 5.92 Å². The summed E-state index contributed by atoms with van der Waals surface area (Å²) in [4.78, 5) is 12.6. The van der Waals surface area contributed by atoms with E-state index in [0.717, 1.165) is 36.0 Å². The third-order valence-corrected chi connectivity index (χ3v) is 4.69. The quantitative estimate of drug-likeness (QED) is 0.791. The van der Waals surface area contributed by atoms with E-state index >= 15 is 0 Å². The summed E-state index contributed by atoms with van der Waals surface area (Å²) in [6.45, 7) is 2.94. The molecule has 0 N–H and O–H groups in total. The predicted octanol–water partition coefficient (Wildman–Crippen LogP) is 4.14. The molecule has 1 heterocycles. The smallest absolute Gasteiger partial charge is 0.142 e. The van der Waals surface area contributed by atoms with Gasteiger partial charge in [0.2, 0.25) is 0 Å². The number of ketones is 1. The summed E-state index contributed by atoms with van der Waals surface area (Å²) in [5.41, 5.74) is 2.10. The summed E-state index contributed by atoms with van der Waals surface area (Å²) in [6, 6.07) is 8.24. The number of rotatable bonds is 4. The number of para-hydroxylation sites is 1. The lowest BCUT2D eigenvalue weighted by atomic mass is 9.92. The van der Waals surface area contributed by atoms with Crippen molar-refractivity contribution in [1.82, 2.24) is 9.78 Å². The first-order valence-electron chi connectivity index (χ1n) is 8.26. The fourth-order valence-electron chi connectivity index (χ4n) is 3.48. The van der Waals surface area contributed by atoms with E-state index in [2.05, 4.69) is 24.2 Å². The zero-order valence-corrected chi connectivity index (χ0v) is 12.8. The van der Waals surface area contributed by atoms with Gasteiger partial charge in [-0.2, -0.15) is 5.10 Å². The van der Waals surface area contributed by atoms with Crippen molar-refractivity contribution in [3.63, 3.8) is 0 Å². The van der Waals surface area contributed by atoms with Crippen LogP contribution in [0.1, 0.15) is 51.1 Å². The number of nitrogens with zero attached hydrogens (tertiary/aromatic N) is 2. The molecular formula is C18H24N2O. The maximum atomic E-state index is 12.6. The van der Waals surface area contributed by atoms with Gasteiger partial charge in [0.15, 0.2) is 0 Å². The Balaban J connectivity index is 1.82. The Morgan fingerprint density at radius 3 is 2.62 bits per heavy atom. The highest BCUT2D eigenvalue weighted by molar-refractivity contribution is 5.89. The number of benzene rings is 1. The zero-order chi connectivity index (χ0) is 14.7. The summed E-state index contributed by atoms with van der Waals surface area (Å²) in [5, 5.41) is 5.80. The van der Waals surface area contributed by atoms with Crippen LogP contribution in [-0.4, -0.2) is 15.6 Å². The van der Waals surface area contributed by atoms with Crippen LogP contribution in [0.4, 0.5) is 0 Å². The van der Waals surface area contributed by atoms with Crippen LogP contribution in [0.15, 0.2) is 24.3 Å². The van der Waals surface area contributed by atoms with Gasteiger partial charge >= 0.3 is 0 Å². The van der Waals surface area contributed by atoms with E-state index in [4.69, 9.17) is 0 Å². The number of fused-ring (bicyclic) bond motifs is 1. The van der Waals surface area contributed by atoms with E-state index in [1.807, 2.05) is 16.8 Å². The Kier molecular flexibility index (Phi) is 4.37. The number of aromatic nitrogens is 2. The van der Waals surface area contributed by atoms with Crippen LogP contribution in [0.5, 0.6) is 0 Å². The van der Waals surface area contributed by atoms with Crippen molar-refractivity contribution in [1.29, 1.82) is 0 Å². The zero-order valence-electron chi connectivity index (χ0n) is 12.8. The Morgan fingerprint density at radius 1 is 1.19 bits per heavy atom. The maximum Gasteiger partial charge on any atom is 0.142 e. The second-order valence-corrected chi connectivity index (χ2v) is 6.11. The summed E-state index contributed by atoms with van der Waals surface area (Å²) in [6.07, 6.45) is 7.64. The average molecular weight is 284 g/mol. The molecule has 1 aromatic heterocycles. The highest BCUT2D eigenvalue weighted by atomic mass is 16.1. The maximum absolute atomic E-state index is 12.6. The molecule has 0 radical (unpaired) electrons. The Labute approximate surface area is 126 Å². The molecule has 3 heteroatoms. The van der Waals surface area contributed by atoms with Crippen LogP contribution < -0.4 is 0 Å². The number of carbonyl (C=O) groups is 1. The molecule has 1 fully saturated rings. The van der Waals surface area contributed by atoms with Crippen molar-refractivity contribution in [3.05, 3.63) is 30.0 Å². The minimum atomic E-state index is 0.262. The SMILES string of the molecule is CCn1nc(CC(=O)C2CCCCCC2)c2ccccc21. The van der Waals surface area contributed by atoms with Crippen LogP contribution in [0.3, 0.4) is 0 Å². The van der Waals surface area contributed by atoms with Crippen molar-refractivity contribution in [2.45, 2.75) is 58.4 Å². The van der Waals surface area contributed by atoms with Crippen LogP contribution in [0.2, 0.25) is 0 Å². The Morgan fingerprint density at radius 2 is 1.90 bits per heavy atom. The van der Waals surface area contributed by atoms with Crippen LogP contribution >= 0.6 is 0 Å². The minimum absolute atomic E-state index is 0.262. The molecule has 0 saturated heterocycles. The van der Waals surface area contributed by atoms with E-state index in [-0.39, 0.29) is 5.92 Å². The lowest BCUT2D eigenvalue weighted by molar-refractivity contribution is -0.122. The van der Waals surface area contributed by atoms with E-state index in [1.165, 1.54) is 25.7 Å². The monoisotopic (exact) mass is 284 g/mol. The molecule has 0 atom stereocenters. The first-order chi connectivity index (χ1) is 10.3. The molecule has 0 spiro atoms. The molecule has 1 aliphatic rings. The lowest BCUT2D eigenvalue weighted by Gasteiger charge is -2.11. The third kappa shape index (κ3) is 3.02. The topological polar surface area (TPSA) is 34.9 Å². The standard InChI is InChI=1S/C18H24N2O/c1-2-20-17-12-8-7-11-15(17)16(19-20)13-18(21)14-9-5-3-4-6-10-14/h7-8,11-12,14H,2-6,9-10,13H2,1H3. The Hall–Kier alpha value is -1.64. The Bertz CT molecular complexity index is 621. The van der Waals surface area contributed by atoms with Gasteiger partial charge < -0.3 is 0 Å². The van der Waals surface area contributed by atoms with Gasteiger partial charge in [-0.3, -0.25) is 9.48 Å². The molecule has 21 heavy (non-hydrogen) atoms. The number of hydrogen-bond acceptors (Lipinski definition) is 2. The molecule has 0 amide bonds. The molecular weight excluding hydrogens is 260 g/mol. The predicted molar refractivity (Wildman–Crippen MR) is 85.3 cm³/mol. The molecule has 1 saturated carbocycles. The average Bonchev–Trinajstić information content (AvgIpc) is 2.69. The minimum Gasteiger partial charge on any atom is -0.299 e. The van der Waals surface area contributed by atoms with Crippen molar-refractivity contribution >= 4 is 16.7 Å². The van der Waals surface area contributed by atoms with E-state index in [1.54, 1.807) is 0 Å². The number of hydrogen-bond donors (Lipinski definition) is 0. The molecule has 112 valence electrons. The molecule has 0 unspecified atom stereocenters. The van der Waals surface area contributed by atoms with Crippen molar-refractivity contribution < 1.29 is 4.79 Å². The molecule has 1 aromatic carbocycles. The first kappa shape index (κ1) is 14.3. The summed E-state index contributed by atoms with van der Waals surface area (Å²) >= 11 is 0. The second kappa shape index (κ2) is 6.42. The van der Waals surface area contributed by atoms with Gasteiger partial charge in [0.1, 0.15) is 5.78 Å². The largest absolute Gasteiger partial charge is 0.299 e. The normalized spacial score (nSPS) is 17.0. The van der Waals surface area contributed by atoms with Gasteiger partial charge in [-0.15, -0.1) is 0 Å². The molecule has 1 aliphatic carbocycles. The highest BCUT2D eigenvalue weighted by Crippen LogP contribution is 2.26. The molecule has 3 rings (SSSR count). The summed E-state index contributed by atoms with van der Waals surface area (Å²) in [7, 11) is 0. The van der Waals surface area contributed by atoms with Gasteiger partial charge in [0.25, 0.3) is 0 Å². The molecule has 3 nitrogen and oxygen atoms in total. The second-order valence-electron chi connectivity index (χ2n) is 6.11. The van der Waals surface area contributed by atoms with Gasteiger partial charge in [-0.25, -0.2) is 0 Å². The molecule has 2 aromatic rings. The highest BCUT2D eigenvalue weighted by Gasteiger charge is 2.22. The van der Waals surface area contributed by atoms with Gasteiger partial charge in [0.05, 0.1) is 17.6 Å². The van der Waals surface area contributed by atoms with E-state index in [9.17, 15) is 4.79 Å².